The summed E-state index contributed by atoms with van der Waals surface area (Å²) >= 11 is 0. The zero-order valence-corrected chi connectivity index (χ0v) is 19.5. The van der Waals surface area contributed by atoms with E-state index in [9.17, 15) is 13.2 Å². The van der Waals surface area contributed by atoms with Gasteiger partial charge in [-0.2, -0.15) is 5.10 Å². The summed E-state index contributed by atoms with van der Waals surface area (Å²) in [5.41, 5.74) is 4.89. The van der Waals surface area contributed by atoms with Crippen molar-refractivity contribution < 1.29 is 17.7 Å². The van der Waals surface area contributed by atoms with Gasteiger partial charge in [-0.15, -0.1) is 0 Å². The van der Waals surface area contributed by atoms with Crippen LogP contribution in [0.25, 0.3) is 0 Å². The molecule has 0 N–H and O–H groups in total. The Bertz CT molecular complexity index is 1060. The van der Waals surface area contributed by atoms with E-state index in [1.54, 1.807) is 0 Å². The van der Waals surface area contributed by atoms with Gasteiger partial charge in [0.05, 0.1) is 40.3 Å². The lowest BCUT2D eigenvalue weighted by atomic mass is 10.1. The molecular formula is C21H31N5O4S. The van der Waals surface area contributed by atoms with Crippen molar-refractivity contribution in [2.75, 3.05) is 42.6 Å². The van der Waals surface area contributed by atoms with E-state index in [0.717, 1.165) is 47.2 Å². The van der Waals surface area contributed by atoms with Gasteiger partial charge in [-0.1, -0.05) is 5.16 Å². The summed E-state index contributed by atoms with van der Waals surface area (Å²) in [6, 6.07) is -0.0790. The van der Waals surface area contributed by atoms with E-state index in [4.69, 9.17) is 4.52 Å². The van der Waals surface area contributed by atoms with Crippen LogP contribution in [0.4, 0.5) is 5.69 Å². The third-order valence-corrected chi connectivity index (χ3v) is 8.31. The predicted molar refractivity (Wildman–Crippen MR) is 117 cm³/mol. The third kappa shape index (κ3) is 4.35. The van der Waals surface area contributed by atoms with Gasteiger partial charge in [0.15, 0.2) is 9.84 Å². The second-order valence-electron chi connectivity index (χ2n) is 8.69. The molecule has 0 radical (unpaired) electrons. The first-order valence-corrected chi connectivity index (χ1v) is 12.7. The van der Waals surface area contributed by atoms with E-state index in [1.165, 1.54) is 0 Å². The lowest BCUT2D eigenvalue weighted by Gasteiger charge is -2.36. The van der Waals surface area contributed by atoms with Gasteiger partial charge in [0, 0.05) is 38.2 Å². The van der Waals surface area contributed by atoms with Crippen molar-refractivity contribution in [1.82, 2.24) is 19.8 Å². The molecule has 4 rings (SSSR count). The quantitative estimate of drug-likeness (QED) is 0.685. The van der Waals surface area contributed by atoms with E-state index in [0.29, 0.717) is 32.4 Å². The molecule has 1 amide bonds. The molecule has 0 aromatic carbocycles. The van der Waals surface area contributed by atoms with Gasteiger partial charge in [0.25, 0.3) is 0 Å². The van der Waals surface area contributed by atoms with E-state index in [2.05, 4.69) is 15.2 Å². The first-order valence-electron chi connectivity index (χ1n) is 10.9. The molecule has 9 nitrogen and oxygen atoms in total. The number of aryl methyl sites for hydroxylation is 3. The fourth-order valence-corrected chi connectivity index (χ4v) is 6.56. The summed E-state index contributed by atoms with van der Waals surface area (Å²) in [6.45, 7) is 10.6. The zero-order valence-electron chi connectivity index (χ0n) is 18.7. The lowest BCUT2D eigenvalue weighted by molar-refractivity contribution is -0.131. The molecule has 0 spiro atoms. The van der Waals surface area contributed by atoms with E-state index in [1.807, 2.05) is 37.3 Å². The molecular weight excluding hydrogens is 418 g/mol. The molecule has 10 heteroatoms. The second kappa shape index (κ2) is 8.29. The zero-order chi connectivity index (χ0) is 22.3. The first-order chi connectivity index (χ1) is 14.7. The van der Waals surface area contributed by atoms with Crippen LogP contribution in [0.3, 0.4) is 0 Å². The molecule has 4 heterocycles. The molecule has 0 bridgehead atoms. The van der Waals surface area contributed by atoms with Crippen molar-refractivity contribution in [2.24, 2.45) is 0 Å². The molecule has 2 aromatic rings. The standard InChI is InChI=1S/C21H31N5O4S/c1-14-19(17(4)30-23-14)5-6-20(27)24-8-10-25(11-9-24)21-15(2)22-26(16(21)3)18-7-12-31(28,29)13-18/h18H,5-13H2,1-4H3. The molecule has 0 aliphatic carbocycles. The Morgan fingerprint density at radius 2 is 1.81 bits per heavy atom. The maximum atomic E-state index is 12.7. The highest BCUT2D eigenvalue weighted by Crippen LogP contribution is 2.31. The van der Waals surface area contributed by atoms with Gasteiger partial charge in [-0.25, -0.2) is 8.42 Å². The van der Waals surface area contributed by atoms with Crippen molar-refractivity contribution >= 4 is 21.4 Å². The number of amides is 1. The van der Waals surface area contributed by atoms with Crippen molar-refractivity contribution in [1.29, 1.82) is 0 Å². The fraction of sp³-hybridized carbons (Fsp3) is 0.667. The van der Waals surface area contributed by atoms with Crippen LogP contribution in [0.15, 0.2) is 4.52 Å². The van der Waals surface area contributed by atoms with Crippen molar-refractivity contribution in [3.05, 3.63) is 28.4 Å². The fourth-order valence-electron chi connectivity index (χ4n) is 4.86. The lowest BCUT2D eigenvalue weighted by Crippen LogP contribution is -2.49. The summed E-state index contributed by atoms with van der Waals surface area (Å²) in [5, 5.41) is 8.63. The molecule has 0 saturated carbocycles. The van der Waals surface area contributed by atoms with Crippen LogP contribution < -0.4 is 4.90 Å². The van der Waals surface area contributed by atoms with Gasteiger partial charge in [0.2, 0.25) is 5.91 Å². The highest BCUT2D eigenvalue weighted by molar-refractivity contribution is 7.91. The summed E-state index contributed by atoms with van der Waals surface area (Å²) < 4.78 is 30.9. The van der Waals surface area contributed by atoms with Crippen LogP contribution in [0.5, 0.6) is 0 Å². The normalized spacial score (nSPS) is 21.1. The minimum atomic E-state index is -2.96. The van der Waals surface area contributed by atoms with Gasteiger partial charge in [-0.3, -0.25) is 9.48 Å². The molecule has 2 saturated heterocycles. The molecule has 2 aliphatic rings. The number of rotatable bonds is 5. The van der Waals surface area contributed by atoms with E-state index in [-0.39, 0.29) is 23.5 Å². The largest absolute Gasteiger partial charge is 0.365 e. The minimum Gasteiger partial charge on any atom is -0.365 e. The van der Waals surface area contributed by atoms with Crippen molar-refractivity contribution in [2.45, 2.75) is 53.0 Å². The summed E-state index contributed by atoms with van der Waals surface area (Å²) in [5.74, 6) is 1.34. The van der Waals surface area contributed by atoms with Gasteiger partial charge < -0.3 is 14.3 Å². The monoisotopic (exact) mass is 449 g/mol. The van der Waals surface area contributed by atoms with Crippen LogP contribution in [0, 0.1) is 27.7 Å². The van der Waals surface area contributed by atoms with E-state index >= 15 is 0 Å². The van der Waals surface area contributed by atoms with Crippen LogP contribution in [-0.2, 0) is 21.1 Å². The van der Waals surface area contributed by atoms with Gasteiger partial charge in [0.1, 0.15) is 5.76 Å². The topological polar surface area (TPSA) is 102 Å². The minimum absolute atomic E-state index is 0.0790. The first kappa shape index (κ1) is 21.9. The van der Waals surface area contributed by atoms with Gasteiger partial charge in [-0.05, 0) is 40.5 Å². The number of piperazine rings is 1. The highest BCUT2D eigenvalue weighted by atomic mass is 32.2. The Morgan fingerprint density at radius 1 is 1.10 bits per heavy atom. The molecule has 1 atom stereocenters. The van der Waals surface area contributed by atoms with Crippen LogP contribution in [0.2, 0.25) is 0 Å². The predicted octanol–water partition coefficient (Wildman–Crippen LogP) is 1.75. The second-order valence-corrected chi connectivity index (χ2v) is 10.9. The summed E-state index contributed by atoms with van der Waals surface area (Å²) in [4.78, 5) is 16.9. The molecule has 1 unspecified atom stereocenters. The van der Waals surface area contributed by atoms with Crippen molar-refractivity contribution in [3.63, 3.8) is 0 Å². The number of sulfone groups is 1. The summed E-state index contributed by atoms with van der Waals surface area (Å²) in [7, 11) is -2.96. The molecule has 170 valence electrons. The molecule has 2 fully saturated rings. The number of hydrogen-bond acceptors (Lipinski definition) is 7. The third-order valence-electron chi connectivity index (χ3n) is 6.56. The number of carbonyl (C=O) groups is 1. The Morgan fingerprint density at radius 3 is 2.39 bits per heavy atom. The van der Waals surface area contributed by atoms with E-state index < -0.39 is 9.84 Å². The van der Waals surface area contributed by atoms with Crippen LogP contribution >= 0.6 is 0 Å². The summed E-state index contributed by atoms with van der Waals surface area (Å²) in [6.07, 6.45) is 1.72. The van der Waals surface area contributed by atoms with Crippen LogP contribution in [0.1, 0.15) is 47.3 Å². The maximum Gasteiger partial charge on any atom is 0.223 e. The maximum absolute atomic E-state index is 12.7. The Balaban J connectivity index is 1.37. The van der Waals surface area contributed by atoms with Gasteiger partial charge >= 0.3 is 0 Å². The Kier molecular flexibility index (Phi) is 5.85. The number of anilines is 1. The molecule has 2 aliphatic heterocycles. The van der Waals surface area contributed by atoms with Crippen molar-refractivity contribution in [3.8, 4) is 0 Å². The number of carbonyl (C=O) groups excluding carboxylic acids is 1. The number of nitrogens with zero attached hydrogens (tertiary/aromatic N) is 5. The Labute approximate surface area is 183 Å². The number of hydrogen-bond donors (Lipinski definition) is 0. The smallest absolute Gasteiger partial charge is 0.223 e. The SMILES string of the molecule is Cc1noc(C)c1CCC(=O)N1CCN(c2c(C)nn(C3CCS(=O)(=O)C3)c2C)CC1. The Hall–Kier alpha value is -2.36. The van der Waals surface area contributed by atoms with Crippen LogP contribution in [-0.4, -0.2) is 71.8 Å². The molecule has 2 aromatic heterocycles. The highest BCUT2D eigenvalue weighted by Gasteiger charge is 2.33. The number of aromatic nitrogens is 3. The average Bonchev–Trinajstić information content (AvgIpc) is 3.35. The molecule has 31 heavy (non-hydrogen) atoms. The average molecular weight is 450 g/mol.